The van der Waals surface area contributed by atoms with Gasteiger partial charge in [0.05, 0.1) is 6.61 Å². The summed E-state index contributed by atoms with van der Waals surface area (Å²) in [5.41, 5.74) is 10.3. The number of ether oxygens (including phenoxy) is 1. The van der Waals surface area contributed by atoms with Crippen molar-refractivity contribution in [1.29, 1.82) is 0 Å². The van der Waals surface area contributed by atoms with Gasteiger partial charge < -0.3 is 42.0 Å². The molecular weight excluding hydrogens is 594 g/mol. The molecule has 0 fully saturated rings. The Morgan fingerprint density at radius 3 is 1.83 bits per heavy atom. The summed E-state index contributed by atoms with van der Waals surface area (Å²) in [5, 5.41) is 28.8. The van der Waals surface area contributed by atoms with Gasteiger partial charge in [0.25, 0.3) is 0 Å². The molecule has 0 saturated heterocycles. The number of alkyl carbamates (subject to hydrolysis) is 1. The van der Waals surface area contributed by atoms with E-state index in [-0.39, 0.29) is 24.7 Å². The Morgan fingerprint density at radius 1 is 0.739 bits per heavy atom. The fourth-order valence-corrected chi connectivity index (χ4v) is 5.14. The lowest BCUT2D eigenvalue weighted by atomic mass is 9.98. The Kier molecular flexibility index (Phi) is 10.9. The summed E-state index contributed by atoms with van der Waals surface area (Å²) in [5.74, 6) is -3.34. The van der Waals surface area contributed by atoms with Crippen molar-refractivity contribution in [2.24, 2.45) is 5.73 Å². The third-order valence-corrected chi connectivity index (χ3v) is 7.68. The zero-order valence-electron chi connectivity index (χ0n) is 25.4. The maximum absolute atomic E-state index is 12.8. The van der Waals surface area contributed by atoms with E-state index in [1.807, 2.05) is 48.5 Å². The van der Waals surface area contributed by atoms with E-state index >= 15 is 0 Å². The molecular formula is C33H37N5O8. The van der Waals surface area contributed by atoms with Crippen molar-refractivity contribution in [3.05, 3.63) is 89.5 Å². The Morgan fingerprint density at radius 2 is 1.26 bits per heavy atom. The van der Waals surface area contributed by atoms with Crippen LogP contribution in [0.5, 0.6) is 5.75 Å². The maximum Gasteiger partial charge on any atom is 0.407 e. The highest BCUT2D eigenvalue weighted by atomic mass is 16.5. The summed E-state index contributed by atoms with van der Waals surface area (Å²) in [6.45, 7) is 2.03. The van der Waals surface area contributed by atoms with Crippen molar-refractivity contribution in [1.82, 2.24) is 21.3 Å². The first-order chi connectivity index (χ1) is 22.0. The van der Waals surface area contributed by atoms with Crippen LogP contribution in [0, 0.1) is 0 Å². The van der Waals surface area contributed by atoms with Crippen molar-refractivity contribution in [3.63, 3.8) is 0 Å². The topological polar surface area (TPSA) is 209 Å². The van der Waals surface area contributed by atoms with E-state index in [0.717, 1.165) is 22.3 Å². The number of aromatic hydroxyl groups is 1. The molecule has 8 N–H and O–H groups in total. The van der Waals surface area contributed by atoms with Crippen LogP contribution in [0.2, 0.25) is 0 Å². The molecule has 13 heteroatoms. The molecule has 3 aromatic carbocycles. The van der Waals surface area contributed by atoms with Gasteiger partial charge in [0.1, 0.15) is 36.5 Å². The molecule has 0 radical (unpaired) electrons. The number of phenolic OH excluding ortho intramolecular Hbond substituents is 1. The van der Waals surface area contributed by atoms with Crippen LogP contribution in [0.15, 0.2) is 72.8 Å². The van der Waals surface area contributed by atoms with Gasteiger partial charge in [-0.1, -0.05) is 60.7 Å². The number of phenols is 1. The molecule has 5 amide bonds. The molecule has 0 heterocycles. The Balaban J connectivity index is 1.25. The largest absolute Gasteiger partial charge is 0.508 e. The highest BCUT2D eigenvalue weighted by Crippen LogP contribution is 2.44. The summed E-state index contributed by atoms with van der Waals surface area (Å²) >= 11 is 0. The van der Waals surface area contributed by atoms with Gasteiger partial charge in [-0.05, 0) is 53.8 Å². The summed E-state index contributed by atoms with van der Waals surface area (Å²) in [4.78, 5) is 62.7. The second-order valence-corrected chi connectivity index (χ2v) is 11.0. The van der Waals surface area contributed by atoms with Crippen LogP contribution in [0.4, 0.5) is 4.79 Å². The molecule has 0 saturated carbocycles. The quantitative estimate of drug-likeness (QED) is 0.143. The number of aliphatic hydroxyl groups is 1. The minimum atomic E-state index is -1.45. The van der Waals surface area contributed by atoms with Gasteiger partial charge in [0.15, 0.2) is 0 Å². The first-order valence-electron chi connectivity index (χ1n) is 14.7. The maximum atomic E-state index is 12.8. The standard InChI is InChI=1S/C33H37N5O8/c1-18(31(43)38-28(16-39)32(44)37-27(29(34)41)15-20-11-13-21(40)14-12-20)35-30(42)19(2)36-33(45)46-17-26-24-9-5-3-7-22(24)23-8-4-6-10-25(23)26/h3-14,18-19,26-28,39-40H,15-17H2,1-2H3,(H2,34,41)(H,35,42)(H,36,45)(H,37,44)(H,38,43)/t18-,19-,27-,28-/m0/s1. The Labute approximate surface area is 265 Å². The van der Waals surface area contributed by atoms with Crippen LogP contribution in [0.3, 0.4) is 0 Å². The smallest absolute Gasteiger partial charge is 0.407 e. The number of nitrogens with two attached hydrogens (primary N) is 1. The molecule has 0 spiro atoms. The van der Waals surface area contributed by atoms with Crippen LogP contribution in [0.25, 0.3) is 11.1 Å². The van der Waals surface area contributed by atoms with Crippen LogP contribution < -0.4 is 27.0 Å². The zero-order chi connectivity index (χ0) is 33.4. The van der Waals surface area contributed by atoms with Crippen LogP contribution in [-0.4, -0.2) is 77.3 Å². The molecule has 0 unspecified atom stereocenters. The molecule has 242 valence electrons. The van der Waals surface area contributed by atoms with Gasteiger partial charge in [-0.3, -0.25) is 19.2 Å². The van der Waals surface area contributed by atoms with Gasteiger partial charge in [0, 0.05) is 12.3 Å². The Bertz CT molecular complexity index is 1550. The van der Waals surface area contributed by atoms with Crippen molar-refractivity contribution < 1.29 is 38.9 Å². The van der Waals surface area contributed by atoms with Crippen molar-refractivity contribution >= 4 is 29.7 Å². The average Bonchev–Trinajstić information content (AvgIpc) is 3.36. The van der Waals surface area contributed by atoms with Crippen LogP contribution >= 0.6 is 0 Å². The lowest BCUT2D eigenvalue weighted by molar-refractivity contribution is -0.134. The summed E-state index contributed by atoms with van der Waals surface area (Å²) in [6.07, 6.45) is -0.802. The highest BCUT2D eigenvalue weighted by Gasteiger charge is 2.31. The molecule has 4 rings (SSSR count). The van der Waals surface area contributed by atoms with E-state index in [2.05, 4.69) is 21.3 Å². The number of hydrogen-bond acceptors (Lipinski definition) is 8. The minimum absolute atomic E-state index is 0.00841. The zero-order valence-corrected chi connectivity index (χ0v) is 25.4. The first kappa shape index (κ1) is 33.5. The van der Waals surface area contributed by atoms with Gasteiger partial charge >= 0.3 is 6.09 Å². The Hall–Kier alpha value is -5.43. The third-order valence-electron chi connectivity index (χ3n) is 7.68. The van der Waals surface area contributed by atoms with Gasteiger partial charge in [-0.25, -0.2) is 4.79 Å². The average molecular weight is 632 g/mol. The van der Waals surface area contributed by atoms with Crippen molar-refractivity contribution in [3.8, 4) is 16.9 Å². The number of nitrogens with one attached hydrogen (secondary N) is 4. The van der Waals surface area contributed by atoms with E-state index in [0.29, 0.717) is 5.56 Å². The molecule has 4 atom stereocenters. The van der Waals surface area contributed by atoms with Gasteiger partial charge in [-0.2, -0.15) is 0 Å². The number of fused-ring (bicyclic) bond motifs is 3. The van der Waals surface area contributed by atoms with Crippen molar-refractivity contribution in [2.75, 3.05) is 13.2 Å². The normalized spacial score (nSPS) is 14.4. The summed E-state index contributed by atoms with van der Waals surface area (Å²) in [7, 11) is 0. The fraction of sp³-hybridized carbons (Fsp3) is 0.303. The molecule has 46 heavy (non-hydrogen) atoms. The molecule has 3 aromatic rings. The van der Waals surface area contributed by atoms with Gasteiger partial charge in [-0.15, -0.1) is 0 Å². The lowest BCUT2D eigenvalue weighted by Gasteiger charge is -2.23. The predicted octanol–water partition coefficient (Wildman–Crippen LogP) is 0.814. The fourth-order valence-electron chi connectivity index (χ4n) is 5.14. The molecule has 0 bridgehead atoms. The monoisotopic (exact) mass is 631 g/mol. The minimum Gasteiger partial charge on any atom is -0.508 e. The summed E-state index contributed by atoms with van der Waals surface area (Å²) in [6, 6.07) is 16.8. The number of hydrogen-bond donors (Lipinski definition) is 7. The molecule has 13 nitrogen and oxygen atoms in total. The van der Waals surface area contributed by atoms with E-state index in [4.69, 9.17) is 10.5 Å². The number of carbonyl (C=O) groups excluding carboxylic acids is 5. The van der Waals surface area contributed by atoms with E-state index in [1.54, 1.807) is 12.1 Å². The molecule has 1 aliphatic carbocycles. The van der Waals surface area contributed by atoms with Gasteiger partial charge in [0.2, 0.25) is 23.6 Å². The number of benzene rings is 3. The lowest BCUT2D eigenvalue weighted by Crippen LogP contribution is -2.58. The number of amides is 5. The first-order valence-corrected chi connectivity index (χ1v) is 14.7. The second-order valence-electron chi connectivity index (χ2n) is 11.0. The molecule has 1 aliphatic rings. The second kappa shape index (κ2) is 15.0. The number of aliphatic hydroxyl groups excluding tert-OH is 1. The number of primary amides is 1. The molecule has 0 aromatic heterocycles. The van der Waals surface area contributed by atoms with E-state index in [1.165, 1.54) is 26.0 Å². The number of carbonyl (C=O) groups is 5. The van der Waals surface area contributed by atoms with E-state index < -0.39 is 60.5 Å². The van der Waals surface area contributed by atoms with Crippen molar-refractivity contribution in [2.45, 2.75) is 50.4 Å². The van der Waals surface area contributed by atoms with Crippen LogP contribution in [-0.2, 0) is 30.3 Å². The molecule has 0 aliphatic heterocycles. The van der Waals surface area contributed by atoms with Crippen LogP contribution in [0.1, 0.15) is 36.5 Å². The number of rotatable bonds is 13. The van der Waals surface area contributed by atoms with E-state index in [9.17, 15) is 34.2 Å². The SMILES string of the molecule is C[C@H](NC(=O)OCC1c2ccccc2-c2ccccc21)C(=O)N[C@@H](C)C(=O)N[C@@H](CO)C(=O)N[C@@H](Cc1ccc(O)cc1)C(N)=O. The predicted molar refractivity (Wildman–Crippen MR) is 167 cm³/mol. The summed E-state index contributed by atoms with van der Waals surface area (Å²) < 4.78 is 5.47. The third kappa shape index (κ3) is 8.18. The highest BCUT2D eigenvalue weighted by molar-refractivity contribution is 5.95.